The lowest BCUT2D eigenvalue weighted by atomic mass is 9.99. The Balaban J connectivity index is 4.30. The molecular formula is C59H114O6. The molecule has 0 aliphatic heterocycles. The number of hydrogen-bond acceptors (Lipinski definition) is 6. The summed E-state index contributed by atoms with van der Waals surface area (Å²) < 4.78 is 16.9. The van der Waals surface area contributed by atoms with Crippen LogP contribution < -0.4 is 0 Å². The lowest BCUT2D eigenvalue weighted by Crippen LogP contribution is -2.30. The van der Waals surface area contributed by atoms with Gasteiger partial charge >= 0.3 is 17.9 Å². The summed E-state index contributed by atoms with van der Waals surface area (Å²) in [5.41, 5.74) is 0. The Kier molecular flexibility index (Phi) is 50.5. The standard InChI is InChI=1S/C59H114O6/c1-6-9-10-11-12-13-14-15-16-21-24-31-36-41-46-51-59(62)65-56(53-64-58(61)50-45-40-35-30-26-25-28-33-38-43-48-55(5)8-3)52-63-57(60)49-44-39-34-29-23-20-18-17-19-22-27-32-37-42-47-54(4)7-2/h54-56H,6-53H2,1-5H3/t54?,55?,56-/m0/s1. The zero-order valence-corrected chi connectivity index (χ0v) is 44.6. The van der Waals surface area contributed by atoms with Crippen molar-refractivity contribution < 1.29 is 28.6 Å². The lowest BCUT2D eigenvalue weighted by molar-refractivity contribution is -0.167. The van der Waals surface area contributed by atoms with E-state index in [1.165, 1.54) is 218 Å². The second-order valence-corrected chi connectivity index (χ2v) is 20.8. The van der Waals surface area contributed by atoms with Crippen molar-refractivity contribution in [1.29, 1.82) is 0 Å². The maximum atomic E-state index is 12.8. The van der Waals surface area contributed by atoms with E-state index in [9.17, 15) is 14.4 Å². The first-order chi connectivity index (χ1) is 31.8. The highest BCUT2D eigenvalue weighted by atomic mass is 16.6. The van der Waals surface area contributed by atoms with E-state index in [0.29, 0.717) is 19.3 Å². The van der Waals surface area contributed by atoms with E-state index >= 15 is 0 Å². The molecule has 0 radical (unpaired) electrons. The van der Waals surface area contributed by atoms with Crippen molar-refractivity contribution in [2.75, 3.05) is 13.2 Å². The highest BCUT2D eigenvalue weighted by molar-refractivity contribution is 5.71. The maximum absolute atomic E-state index is 12.8. The van der Waals surface area contributed by atoms with Gasteiger partial charge < -0.3 is 14.2 Å². The molecule has 0 aromatic carbocycles. The molecule has 0 N–H and O–H groups in total. The van der Waals surface area contributed by atoms with Gasteiger partial charge in [-0.3, -0.25) is 14.4 Å². The first-order valence-corrected chi connectivity index (χ1v) is 29.3. The predicted octanol–water partition coefficient (Wildman–Crippen LogP) is 19.3. The molecule has 0 fully saturated rings. The molecule has 0 rings (SSSR count). The molecule has 386 valence electrons. The van der Waals surface area contributed by atoms with Crippen molar-refractivity contribution >= 4 is 17.9 Å². The average molecular weight is 920 g/mol. The first kappa shape index (κ1) is 63.4. The molecule has 0 spiro atoms. The minimum Gasteiger partial charge on any atom is -0.462 e. The molecule has 65 heavy (non-hydrogen) atoms. The van der Waals surface area contributed by atoms with Gasteiger partial charge in [-0.1, -0.05) is 291 Å². The van der Waals surface area contributed by atoms with Crippen LogP contribution >= 0.6 is 0 Å². The number of ether oxygens (including phenoxy) is 3. The average Bonchev–Trinajstić information content (AvgIpc) is 3.30. The normalized spacial score (nSPS) is 12.9. The molecule has 0 amide bonds. The van der Waals surface area contributed by atoms with E-state index in [-0.39, 0.29) is 31.1 Å². The first-order valence-electron chi connectivity index (χ1n) is 29.3. The fraction of sp³-hybridized carbons (Fsp3) is 0.949. The Morgan fingerprint density at radius 2 is 0.538 bits per heavy atom. The van der Waals surface area contributed by atoms with Crippen molar-refractivity contribution in [2.45, 2.75) is 336 Å². The van der Waals surface area contributed by atoms with Gasteiger partial charge in [0.1, 0.15) is 13.2 Å². The molecular weight excluding hydrogens is 805 g/mol. The largest absolute Gasteiger partial charge is 0.462 e. The molecule has 6 nitrogen and oxygen atoms in total. The lowest BCUT2D eigenvalue weighted by Gasteiger charge is -2.18. The van der Waals surface area contributed by atoms with Crippen LogP contribution in [0, 0.1) is 11.8 Å². The minimum atomic E-state index is -0.763. The van der Waals surface area contributed by atoms with Gasteiger partial charge in [0.15, 0.2) is 6.10 Å². The third-order valence-electron chi connectivity index (χ3n) is 14.2. The Hall–Kier alpha value is -1.59. The van der Waals surface area contributed by atoms with Crippen LogP contribution in [-0.4, -0.2) is 37.2 Å². The van der Waals surface area contributed by atoms with Gasteiger partial charge in [0.25, 0.3) is 0 Å². The number of carbonyl (C=O) groups is 3. The molecule has 0 saturated heterocycles. The van der Waals surface area contributed by atoms with E-state index in [1.807, 2.05) is 0 Å². The van der Waals surface area contributed by atoms with Gasteiger partial charge in [-0.2, -0.15) is 0 Å². The third-order valence-corrected chi connectivity index (χ3v) is 14.2. The molecule has 3 atom stereocenters. The van der Waals surface area contributed by atoms with Crippen LogP contribution in [0.1, 0.15) is 330 Å². The Labute approximate surface area is 406 Å². The fourth-order valence-electron chi connectivity index (χ4n) is 8.99. The van der Waals surface area contributed by atoms with Gasteiger partial charge in [0.05, 0.1) is 0 Å². The van der Waals surface area contributed by atoms with Crippen LogP contribution in [0.15, 0.2) is 0 Å². The summed E-state index contributed by atoms with van der Waals surface area (Å²) in [4.78, 5) is 38.2. The third kappa shape index (κ3) is 50.1. The molecule has 0 aromatic heterocycles. The summed E-state index contributed by atoms with van der Waals surface area (Å²) in [6.07, 6.45) is 55.0. The highest BCUT2D eigenvalue weighted by Gasteiger charge is 2.19. The van der Waals surface area contributed by atoms with Gasteiger partial charge in [-0.15, -0.1) is 0 Å². The van der Waals surface area contributed by atoms with Crippen LogP contribution in [0.4, 0.5) is 0 Å². The Bertz CT molecular complexity index is 997. The number of hydrogen-bond donors (Lipinski definition) is 0. The second kappa shape index (κ2) is 51.8. The number of carbonyl (C=O) groups excluding carboxylic acids is 3. The van der Waals surface area contributed by atoms with E-state index in [4.69, 9.17) is 14.2 Å². The van der Waals surface area contributed by atoms with E-state index in [2.05, 4.69) is 34.6 Å². The van der Waals surface area contributed by atoms with Crippen molar-refractivity contribution in [3.63, 3.8) is 0 Å². The summed E-state index contributed by atoms with van der Waals surface area (Å²) in [5.74, 6) is 0.927. The van der Waals surface area contributed by atoms with Crippen LogP contribution in [0.2, 0.25) is 0 Å². The molecule has 0 aromatic rings. The van der Waals surface area contributed by atoms with Gasteiger partial charge in [0, 0.05) is 19.3 Å². The maximum Gasteiger partial charge on any atom is 0.306 e. The van der Waals surface area contributed by atoms with Gasteiger partial charge in [-0.05, 0) is 31.1 Å². The summed E-state index contributed by atoms with van der Waals surface area (Å²) >= 11 is 0. The van der Waals surface area contributed by atoms with E-state index in [1.54, 1.807) is 0 Å². The molecule has 0 aliphatic rings. The Morgan fingerprint density at radius 1 is 0.308 bits per heavy atom. The molecule has 0 aliphatic carbocycles. The molecule has 0 heterocycles. The van der Waals surface area contributed by atoms with E-state index < -0.39 is 6.10 Å². The second-order valence-electron chi connectivity index (χ2n) is 20.8. The fourth-order valence-corrected chi connectivity index (χ4v) is 8.99. The Morgan fingerprint density at radius 3 is 0.800 bits per heavy atom. The van der Waals surface area contributed by atoms with Crippen LogP contribution in [0.5, 0.6) is 0 Å². The quantitative estimate of drug-likeness (QED) is 0.0344. The topological polar surface area (TPSA) is 78.9 Å². The van der Waals surface area contributed by atoms with Crippen molar-refractivity contribution in [3.8, 4) is 0 Å². The zero-order chi connectivity index (χ0) is 47.5. The van der Waals surface area contributed by atoms with E-state index in [0.717, 1.165) is 69.6 Å². The van der Waals surface area contributed by atoms with Gasteiger partial charge in [0.2, 0.25) is 0 Å². The molecule has 0 bridgehead atoms. The molecule has 6 heteroatoms. The van der Waals surface area contributed by atoms with Gasteiger partial charge in [-0.25, -0.2) is 0 Å². The van der Waals surface area contributed by atoms with Crippen LogP contribution in [0.3, 0.4) is 0 Å². The SMILES string of the molecule is CCCCCCCCCCCCCCCCCC(=O)O[C@@H](COC(=O)CCCCCCCCCCCCCCCCC(C)CC)COC(=O)CCCCCCCCCCCCC(C)CC. The molecule has 0 saturated carbocycles. The predicted molar refractivity (Wildman–Crippen MR) is 280 cm³/mol. The van der Waals surface area contributed by atoms with Crippen molar-refractivity contribution in [3.05, 3.63) is 0 Å². The zero-order valence-electron chi connectivity index (χ0n) is 44.6. The monoisotopic (exact) mass is 919 g/mol. The van der Waals surface area contributed by atoms with Crippen LogP contribution in [-0.2, 0) is 28.6 Å². The number of unbranched alkanes of at least 4 members (excludes halogenated alkanes) is 36. The highest BCUT2D eigenvalue weighted by Crippen LogP contribution is 2.19. The van der Waals surface area contributed by atoms with Crippen molar-refractivity contribution in [1.82, 2.24) is 0 Å². The van der Waals surface area contributed by atoms with Crippen LogP contribution in [0.25, 0.3) is 0 Å². The van der Waals surface area contributed by atoms with Crippen molar-refractivity contribution in [2.24, 2.45) is 11.8 Å². The number of rotatable bonds is 53. The summed E-state index contributed by atoms with van der Waals surface area (Å²) in [6, 6.07) is 0. The molecule has 2 unspecified atom stereocenters. The number of esters is 3. The minimum absolute atomic E-state index is 0.0627. The summed E-state index contributed by atoms with van der Waals surface area (Å²) in [5, 5.41) is 0. The summed E-state index contributed by atoms with van der Waals surface area (Å²) in [6.45, 7) is 11.5. The summed E-state index contributed by atoms with van der Waals surface area (Å²) in [7, 11) is 0. The smallest absolute Gasteiger partial charge is 0.306 e.